The first-order valence-corrected chi connectivity index (χ1v) is 7.78. The van der Waals surface area contributed by atoms with Crippen molar-refractivity contribution in [3.8, 4) is 0 Å². The monoisotopic (exact) mass is 378 g/mol. The zero-order valence-electron chi connectivity index (χ0n) is 11.7. The van der Waals surface area contributed by atoms with E-state index in [1.807, 2.05) is 36.4 Å². The topological polar surface area (TPSA) is 41.9 Å². The van der Waals surface area contributed by atoms with Gasteiger partial charge in [0.1, 0.15) is 0 Å². The summed E-state index contributed by atoms with van der Waals surface area (Å²) in [6, 6.07) is 14.7. The Kier molecular flexibility index (Phi) is 4.18. The van der Waals surface area contributed by atoms with Gasteiger partial charge in [0.2, 0.25) is 18.0 Å². The number of benzene rings is 2. The van der Waals surface area contributed by atoms with Gasteiger partial charge in [-0.05, 0) is 36.4 Å². The maximum atomic E-state index is 11.8. The third kappa shape index (κ3) is 3.00. The van der Waals surface area contributed by atoms with Crippen LogP contribution in [0.15, 0.2) is 58.1 Å². The van der Waals surface area contributed by atoms with Crippen LogP contribution in [0.5, 0.6) is 0 Å². The Balaban J connectivity index is 1.92. The molecule has 2 aromatic carbocycles. The van der Waals surface area contributed by atoms with Crippen LogP contribution in [0.3, 0.4) is 0 Å². The van der Waals surface area contributed by atoms with Crippen LogP contribution in [0.25, 0.3) is 0 Å². The molecule has 1 atom stereocenters. The zero-order chi connectivity index (χ0) is 15.7. The normalized spacial score (nSPS) is 17.1. The molecule has 0 saturated heterocycles. The van der Waals surface area contributed by atoms with Crippen molar-refractivity contribution in [3.05, 3.63) is 69.2 Å². The molecule has 0 saturated carbocycles. The number of hydrogen-bond acceptors (Lipinski definition) is 3. The summed E-state index contributed by atoms with van der Waals surface area (Å²) in [5, 5.41) is 6.26. The van der Waals surface area contributed by atoms with Gasteiger partial charge in [0.25, 0.3) is 0 Å². The van der Waals surface area contributed by atoms with E-state index >= 15 is 0 Å². The quantitative estimate of drug-likeness (QED) is 0.779. The van der Waals surface area contributed by atoms with E-state index in [2.05, 4.69) is 21.0 Å². The van der Waals surface area contributed by atoms with Gasteiger partial charge in [0, 0.05) is 27.5 Å². The lowest BCUT2D eigenvalue weighted by Gasteiger charge is -2.19. The number of nitrogens with zero attached hydrogens (tertiary/aromatic N) is 2. The predicted molar refractivity (Wildman–Crippen MR) is 88.5 cm³/mol. The Morgan fingerprint density at radius 2 is 1.82 bits per heavy atom. The summed E-state index contributed by atoms with van der Waals surface area (Å²) in [4.78, 5) is 11.8. The third-order valence-electron chi connectivity index (χ3n) is 3.21. The maximum absolute atomic E-state index is 11.8. The molecule has 1 amide bonds. The van der Waals surface area contributed by atoms with Crippen LogP contribution in [0, 0.1) is 0 Å². The molecular weight excluding hydrogens is 368 g/mol. The molecule has 0 bridgehead atoms. The highest BCUT2D eigenvalue weighted by molar-refractivity contribution is 9.10. The average Bonchev–Trinajstić information content (AvgIpc) is 2.94. The Bertz CT molecular complexity index is 729. The minimum Gasteiger partial charge on any atom is -0.446 e. The van der Waals surface area contributed by atoms with E-state index in [9.17, 15) is 4.79 Å². The molecule has 0 unspecified atom stereocenters. The Morgan fingerprint density at radius 1 is 1.18 bits per heavy atom. The first-order valence-electron chi connectivity index (χ1n) is 6.61. The van der Waals surface area contributed by atoms with Gasteiger partial charge < -0.3 is 4.74 Å². The van der Waals surface area contributed by atoms with Gasteiger partial charge in [0.15, 0.2) is 0 Å². The predicted octanol–water partition coefficient (Wildman–Crippen LogP) is 4.34. The molecule has 2 aromatic rings. The molecule has 1 aliphatic heterocycles. The van der Waals surface area contributed by atoms with Crippen LogP contribution in [0.4, 0.5) is 0 Å². The molecule has 112 valence electrons. The van der Waals surface area contributed by atoms with Crippen molar-refractivity contribution in [3.63, 3.8) is 0 Å². The van der Waals surface area contributed by atoms with E-state index in [1.165, 1.54) is 11.9 Å². The number of hydrogen-bond donors (Lipinski definition) is 0. The molecule has 0 N–H and O–H groups in total. The minimum absolute atomic E-state index is 0.188. The van der Waals surface area contributed by atoms with Crippen molar-refractivity contribution in [1.29, 1.82) is 0 Å². The summed E-state index contributed by atoms with van der Waals surface area (Å²) in [6.45, 7) is 1.46. The van der Waals surface area contributed by atoms with Crippen LogP contribution in [0.2, 0.25) is 5.02 Å². The Hall–Kier alpha value is -1.85. The van der Waals surface area contributed by atoms with Crippen LogP contribution in [-0.4, -0.2) is 16.8 Å². The van der Waals surface area contributed by atoms with Crippen LogP contribution < -0.4 is 0 Å². The molecule has 0 aliphatic carbocycles. The number of carbonyl (C=O) groups is 1. The van der Waals surface area contributed by atoms with E-state index < -0.39 is 6.23 Å². The van der Waals surface area contributed by atoms with Gasteiger partial charge in [0.05, 0.1) is 0 Å². The fourth-order valence-electron chi connectivity index (χ4n) is 2.12. The number of amides is 1. The number of hydrazone groups is 1. The molecule has 6 heteroatoms. The highest BCUT2D eigenvalue weighted by Gasteiger charge is 2.32. The molecule has 0 fully saturated rings. The Morgan fingerprint density at radius 3 is 2.41 bits per heavy atom. The second-order valence-corrected chi connectivity index (χ2v) is 6.15. The lowest BCUT2D eigenvalue weighted by Crippen LogP contribution is -2.25. The molecule has 3 rings (SSSR count). The van der Waals surface area contributed by atoms with Crippen molar-refractivity contribution in [2.45, 2.75) is 13.2 Å². The molecule has 22 heavy (non-hydrogen) atoms. The number of halogens is 2. The van der Waals surface area contributed by atoms with Crippen molar-refractivity contribution < 1.29 is 9.53 Å². The van der Waals surface area contributed by atoms with E-state index in [-0.39, 0.29) is 5.91 Å². The third-order valence-corrected chi connectivity index (χ3v) is 3.99. The molecule has 1 heterocycles. The van der Waals surface area contributed by atoms with Gasteiger partial charge in [-0.3, -0.25) is 4.79 Å². The standard InChI is InChI=1S/C16H12BrClN2O2/c1-10(21)20-16(12-4-8-14(18)9-5-12)22-15(19-20)11-2-6-13(17)7-3-11/h2-9,16H,1H3/t16-/m1/s1. The van der Waals surface area contributed by atoms with Gasteiger partial charge >= 0.3 is 0 Å². The Labute approximate surface area is 141 Å². The lowest BCUT2D eigenvalue weighted by molar-refractivity contribution is -0.135. The number of carbonyl (C=O) groups excluding carboxylic acids is 1. The summed E-state index contributed by atoms with van der Waals surface area (Å²) in [5.74, 6) is 0.231. The summed E-state index contributed by atoms with van der Waals surface area (Å²) in [7, 11) is 0. The average molecular weight is 380 g/mol. The maximum Gasteiger partial charge on any atom is 0.243 e. The SMILES string of the molecule is CC(=O)N1N=C(c2ccc(Br)cc2)O[C@@H]1c1ccc(Cl)cc1. The second-order valence-electron chi connectivity index (χ2n) is 4.80. The van der Waals surface area contributed by atoms with Crippen molar-refractivity contribution in [2.24, 2.45) is 5.10 Å². The highest BCUT2D eigenvalue weighted by atomic mass is 79.9. The van der Waals surface area contributed by atoms with Gasteiger partial charge in [-0.15, -0.1) is 5.10 Å². The van der Waals surface area contributed by atoms with Crippen LogP contribution >= 0.6 is 27.5 Å². The molecule has 1 aliphatic rings. The molecular formula is C16H12BrClN2O2. The number of ether oxygens (including phenoxy) is 1. The van der Waals surface area contributed by atoms with Crippen molar-refractivity contribution >= 4 is 39.3 Å². The summed E-state index contributed by atoms with van der Waals surface area (Å²) >= 11 is 9.29. The van der Waals surface area contributed by atoms with E-state index in [4.69, 9.17) is 16.3 Å². The van der Waals surface area contributed by atoms with E-state index in [0.29, 0.717) is 10.9 Å². The number of rotatable bonds is 2. The fraction of sp³-hybridized carbons (Fsp3) is 0.125. The van der Waals surface area contributed by atoms with Gasteiger partial charge in [-0.2, -0.15) is 5.01 Å². The summed E-state index contributed by atoms with van der Waals surface area (Å²) in [6.07, 6.45) is -0.576. The molecule has 0 spiro atoms. The summed E-state index contributed by atoms with van der Waals surface area (Å²) in [5.41, 5.74) is 1.63. The first kappa shape index (κ1) is 15.1. The second kappa shape index (κ2) is 6.10. The first-order chi connectivity index (χ1) is 10.5. The smallest absolute Gasteiger partial charge is 0.243 e. The van der Waals surface area contributed by atoms with Gasteiger partial charge in [-0.25, -0.2) is 0 Å². The molecule has 4 nitrogen and oxygen atoms in total. The largest absolute Gasteiger partial charge is 0.446 e. The minimum atomic E-state index is -0.576. The molecule has 0 radical (unpaired) electrons. The zero-order valence-corrected chi connectivity index (χ0v) is 14.0. The van der Waals surface area contributed by atoms with E-state index in [0.717, 1.165) is 15.6 Å². The van der Waals surface area contributed by atoms with Gasteiger partial charge in [-0.1, -0.05) is 39.7 Å². The lowest BCUT2D eigenvalue weighted by atomic mass is 10.2. The van der Waals surface area contributed by atoms with Crippen LogP contribution in [-0.2, 0) is 9.53 Å². The molecule has 0 aromatic heterocycles. The summed E-state index contributed by atoms with van der Waals surface area (Å²) < 4.78 is 6.85. The highest BCUT2D eigenvalue weighted by Crippen LogP contribution is 2.31. The van der Waals surface area contributed by atoms with Crippen molar-refractivity contribution in [2.75, 3.05) is 0 Å². The van der Waals surface area contributed by atoms with E-state index in [1.54, 1.807) is 12.1 Å². The van der Waals surface area contributed by atoms with Crippen LogP contribution in [0.1, 0.15) is 24.3 Å². The fourth-order valence-corrected chi connectivity index (χ4v) is 2.51. The van der Waals surface area contributed by atoms with Crippen molar-refractivity contribution in [1.82, 2.24) is 5.01 Å².